The number of methoxy groups -OCH3 is 1. The van der Waals surface area contributed by atoms with Crippen LogP contribution >= 0.6 is 0 Å². The molecule has 0 bridgehead atoms. The summed E-state index contributed by atoms with van der Waals surface area (Å²) in [5.41, 5.74) is 1.14. The molecule has 1 unspecified atom stereocenters. The van der Waals surface area contributed by atoms with Crippen molar-refractivity contribution in [3.63, 3.8) is 0 Å². The molecule has 0 radical (unpaired) electrons. The van der Waals surface area contributed by atoms with Gasteiger partial charge < -0.3 is 20.1 Å². The molecular weight excluding hydrogens is 242 g/mol. The van der Waals surface area contributed by atoms with Gasteiger partial charge in [-0.25, -0.2) is 0 Å². The second-order valence-electron chi connectivity index (χ2n) is 4.56. The zero-order valence-corrected chi connectivity index (χ0v) is 11.5. The highest BCUT2D eigenvalue weighted by atomic mass is 16.5. The number of aliphatic imine (C=N–C) groups is 1. The lowest BCUT2D eigenvalue weighted by atomic mass is 10.2. The fraction of sp³-hybridized carbons (Fsp3) is 0.500. The van der Waals surface area contributed by atoms with E-state index in [1.807, 2.05) is 24.3 Å². The third kappa shape index (κ3) is 4.44. The van der Waals surface area contributed by atoms with Gasteiger partial charge in [0.05, 0.1) is 26.9 Å². The molecule has 0 saturated heterocycles. The van der Waals surface area contributed by atoms with Crippen LogP contribution in [0.5, 0.6) is 5.75 Å². The molecule has 0 fully saturated rings. The Morgan fingerprint density at radius 3 is 2.79 bits per heavy atom. The van der Waals surface area contributed by atoms with E-state index < -0.39 is 0 Å². The van der Waals surface area contributed by atoms with Crippen molar-refractivity contribution >= 4 is 5.96 Å². The van der Waals surface area contributed by atoms with E-state index in [0.29, 0.717) is 19.3 Å². The molecule has 1 atom stereocenters. The Bertz CT molecular complexity index is 417. The summed E-state index contributed by atoms with van der Waals surface area (Å²) < 4.78 is 10.7. The predicted molar refractivity (Wildman–Crippen MR) is 75.6 cm³/mol. The fourth-order valence-electron chi connectivity index (χ4n) is 1.81. The Morgan fingerprint density at radius 1 is 1.37 bits per heavy atom. The van der Waals surface area contributed by atoms with Crippen LogP contribution < -0.4 is 15.4 Å². The minimum atomic E-state index is 0.433. The minimum Gasteiger partial charge on any atom is -0.497 e. The van der Waals surface area contributed by atoms with Gasteiger partial charge in [0, 0.05) is 12.6 Å². The molecule has 0 aromatic heterocycles. The molecule has 0 saturated carbocycles. The molecule has 5 heteroatoms. The number of ether oxygens (including phenoxy) is 2. The number of rotatable bonds is 6. The van der Waals surface area contributed by atoms with Gasteiger partial charge in [-0.05, 0) is 24.6 Å². The zero-order valence-electron chi connectivity index (χ0n) is 11.5. The van der Waals surface area contributed by atoms with Crippen LogP contribution in [0.15, 0.2) is 29.3 Å². The van der Waals surface area contributed by atoms with Crippen molar-refractivity contribution in [2.75, 3.05) is 26.8 Å². The molecule has 1 aliphatic rings. The summed E-state index contributed by atoms with van der Waals surface area (Å²) >= 11 is 0. The highest BCUT2D eigenvalue weighted by molar-refractivity contribution is 5.81. The molecule has 2 rings (SSSR count). The molecule has 1 heterocycles. The van der Waals surface area contributed by atoms with E-state index >= 15 is 0 Å². The maximum absolute atomic E-state index is 5.59. The van der Waals surface area contributed by atoms with Crippen LogP contribution in [0, 0.1) is 0 Å². The van der Waals surface area contributed by atoms with Crippen LogP contribution in [0.4, 0.5) is 0 Å². The first-order chi connectivity index (χ1) is 9.28. The number of guanidine groups is 1. The van der Waals surface area contributed by atoms with E-state index in [-0.39, 0.29) is 0 Å². The summed E-state index contributed by atoms with van der Waals surface area (Å²) in [6, 6.07) is 8.33. The van der Waals surface area contributed by atoms with Gasteiger partial charge in [0.25, 0.3) is 0 Å². The Morgan fingerprint density at radius 2 is 2.16 bits per heavy atom. The quantitative estimate of drug-likeness (QED) is 0.756. The maximum atomic E-state index is 5.59. The van der Waals surface area contributed by atoms with Crippen LogP contribution in [-0.2, 0) is 11.3 Å². The van der Waals surface area contributed by atoms with Gasteiger partial charge in [-0.1, -0.05) is 12.1 Å². The SMILES string of the molecule is COc1ccc(COCCNC2=NCC(C)N2)cc1. The predicted octanol–water partition coefficient (Wildman–Crippen LogP) is 1.15. The largest absolute Gasteiger partial charge is 0.497 e. The van der Waals surface area contributed by atoms with E-state index in [1.165, 1.54) is 0 Å². The van der Waals surface area contributed by atoms with E-state index in [9.17, 15) is 0 Å². The number of hydrogen-bond donors (Lipinski definition) is 2. The Labute approximate surface area is 114 Å². The van der Waals surface area contributed by atoms with Crippen molar-refractivity contribution in [1.82, 2.24) is 10.6 Å². The minimum absolute atomic E-state index is 0.433. The summed E-state index contributed by atoms with van der Waals surface area (Å²) in [5, 5.41) is 6.45. The number of nitrogens with one attached hydrogen (secondary N) is 2. The van der Waals surface area contributed by atoms with Crippen LogP contribution in [0.25, 0.3) is 0 Å². The van der Waals surface area contributed by atoms with Gasteiger partial charge >= 0.3 is 0 Å². The third-order valence-electron chi connectivity index (χ3n) is 2.87. The zero-order chi connectivity index (χ0) is 13.5. The van der Waals surface area contributed by atoms with Gasteiger partial charge in [-0.3, -0.25) is 4.99 Å². The fourth-order valence-corrected chi connectivity index (χ4v) is 1.81. The first-order valence-corrected chi connectivity index (χ1v) is 6.53. The van der Waals surface area contributed by atoms with Crippen LogP contribution in [-0.4, -0.2) is 38.8 Å². The van der Waals surface area contributed by atoms with Crippen LogP contribution in [0.2, 0.25) is 0 Å². The highest BCUT2D eigenvalue weighted by Gasteiger charge is 2.10. The molecular formula is C14H21N3O2. The summed E-state index contributed by atoms with van der Waals surface area (Å²) in [4.78, 5) is 4.32. The number of nitrogens with zero attached hydrogens (tertiary/aromatic N) is 1. The van der Waals surface area contributed by atoms with E-state index in [2.05, 4.69) is 22.5 Å². The monoisotopic (exact) mass is 263 g/mol. The van der Waals surface area contributed by atoms with E-state index in [4.69, 9.17) is 9.47 Å². The molecule has 0 aliphatic carbocycles. The lowest BCUT2D eigenvalue weighted by Crippen LogP contribution is -2.39. The summed E-state index contributed by atoms with van der Waals surface area (Å²) in [5.74, 6) is 1.74. The van der Waals surface area contributed by atoms with Crippen molar-refractivity contribution in [2.24, 2.45) is 4.99 Å². The van der Waals surface area contributed by atoms with Gasteiger partial charge in [-0.2, -0.15) is 0 Å². The summed E-state index contributed by atoms with van der Waals surface area (Å²) in [6.45, 7) is 4.98. The van der Waals surface area contributed by atoms with E-state index in [0.717, 1.165) is 30.4 Å². The molecule has 1 aromatic carbocycles. The molecule has 5 nitrogen and oxygen atoms in total. The Kier molecular flexibility index (Phi) is 5.03. The number of benzene rings is 1. The van der Waals surface area contributed by atoms with Gasteiger partial charge in [0.2, 0.25) is 0 Å². The second-order valence-corrected chi connectivity index (χ2v) is 4.56. The van der Waals surface area contributed by atoms with Gasteiger partial charge in [-0.15, -0.1) is 0 Å². The average molecular weight is 263 g/mol. The highest BCUT2D eigenvalue weighted by Crippen LogP contribution is 2.11. The standard InChI is InChI=1S/C14H21N3O2/c1-11-9-16-14(17-11)15-7-8-19-10-12-3-5-13(18-2)6-4-12/h3-6,11H,7-10H2,1-2H3,(H2,15,16,17). The smallest absolute Gasteiger partial charge is 0.191 e. The maximum Gasteiger partial charge on any atom is 0.191 e. The van der Waals surface area contributed by atoms with E-state index in [1.54, 1.807) is 7.11 Å². The lowest BCUT2D eigenvalue weighted by molar-refractivity contribution is 0.125. The molecule has 2 N–H and O–H groups in total. The molecule has 0 amide bonds. The first-order valence-electron chi connectivity index (χ1n) is 6.53. The van der Waals surface area contributed by atoms with Crippen LogP contribution in [0.1, 0.15) is 12.5 Å². The molecule has 0 spiro atoms. The van der Waals surface area contributed by atoms with Gasteiger partial charge in [0.1, 0.15) is 5.75 Å². The van der Waals surface area contributed by atoms with Crippen molar-refractivity contribution < 1.29 is 9.47 Å². The third-order valence-corrected chi connectivity index (χ3v) is 2.87. The summed E-state index contributed by atoms with van der Waals surface area (Å²) in [7, 11) is 1.66. The lowest BCUT2D eigenvalue weighted by Gasteiger charge is -2.09. The van der Waals surface area contributed by atoms with Crippen LogP contribution in [0.3, 0.4) is 0 Å². The average Bonchev–Trinajstić information content (AvgIpc) is 2.85. The molecule has 19 heavy (non-hydrogen) atoms. The Balaban J connectivity index is 1.58. The van der Waals surface area contributed by atoms with Crippen molar-refractivity contribution in [3.05, 3.63) is 29.8 Å². The first kappa shape index (κ1) is 13.7. The topological polar surface area (TPSA) is 54.9 Å². The van der Waals surface area contributed by atoms with Crippen molar-refractivity contribution in [3.8, 4) is 5.75 Å². The van der Waals surface area contributed by atoms with Crippen molar-refractivity contribution in [1.29, 1.82) is 0 Å². The summed E-state index contributed by atoms with van der Waals surface area (Å²) in [6.07, 6.45) is 0. The number of hydrogen-bond acceptors (Lipinski definition) is 5. The second kappa shape index (κ2) is 6.99. The molecule has 1 aromatic rings. The normalized spacial score (nSPS) is 17.8. The molecule has 104 valence electrons. The Hall–Kier alpha value is -1.75. The van der Waals surface area contributed by atoms with Crippen molar-refractivity contribution in [2.45, 2.75) is 19.6 Å². The van der Waals surface area contributed by atoms with Gasteiger partial charge in [0.15, 0.2) is 5.96 Å². The molecule has 1 aliphatic heterocycles.